The van der Waals surface area contributed by atoms with Gasteiger partial charge in [-0.1, -0.05) is 12.8 Å². The van der Waals surface area contributed by atoms with Crippen LogP contribution in [0, 0.1) is 5.92 Å². The minimum Gasteiger partial charge on any atom is -0.468 e. The number of hydrogen-bond acceptors (Lipinski definition) is 4. The highest BCUT2D eigenvalue weighted by Gasteiger charge is 2.20. The van der Waals surface area contributed by atoms with Crippen molar-refractivity contribution in [3.63, 3.8) is 0 Å². The smallest absolute Gasteiger partial charge is 0.323 e. The molecule has 0 saturated heterocycles. The molecule has 1 aliphatic carbocycles. The molecule has 0 spiro atoms. The zero-order valence-corrected chi connectivity index (χ0v) is 9.74. The lowest BCUT2D eigenvalue weighted by molar-refractivity contribution is -0.142. The molecule has 0 aromatic heterocycles. The third kappa shape index (κ3) is 4.18. The Morgan fingerprint density at radius 3 is 2.67 bits per heavy atom. The standard InChI is InChI=1S/C11H22N2O2/c1-13(7-9-5-3-4-6-9)8-10(12)11(14)15-2/h9-10H,3-8,12H2,1-2H3. The molecule has 1 fully saturated rings. The van der Waals surface area contributed by atoms with Crippen LogP contribution in [0.1, 0.15) is 25.7 Å². The van der Waals surface area contributed by atoms with E-state index in [4.69, 9.17) is 5.73 Å². The molecular formula is C11H22N2O2. The molecule has 0 aromatic rings. The third-order valence-electron chi connectivity index (χ3n) is 3.06. The monoisotopic (exact) mass is 214 g/mol. The highest BCUT2D eigenvalue weighted by molar-refractivity contribution is 5.75. The molecule has 0 bridgehead atoms. The lowest BCUT2D eigenvalue weighted by Crippen LogP contribution is -2.43. The molecule has 1 aliphatic rings. The van der Waals surface area contributed by atoms with Crippen LogP contribution in [0.15, 0.2) is 0 Å². The summed E-state index contributed by atoms with van der Waals surface area (Å²) in [6, 6.07) is -0.513. The highest BCUT2D eigenvalue weighted by atomic mass is 16.5. The van der Waals surface area contributed by atoms with E-state index in [1.165, 1.54) is 32.8 Å². The lowest BCUT2D eigenvalue weighted by Gasteiger charge is -2.22. The van der Waals surface area contributed by atoms with E-state index in [1.54, 1.807) is 0 Å². The summed E-state index contributed by atoms with van der Waals surface area (Å²) < 4.78 is 4.59. The summed E-state index contributed by atoms with van der Waals surface area (Å²) in [5.41, 5.74) is 5.69. The van der Waals surface area contributed by atoms with Crippen molar-refractivity contribution in [1.29, 1.82) is 0 Å². The van der Waals surface area contributed by atoms with Crippen molar-refractivity contribution >= 4 is 5.97 Å². The molecule has 1 unspecified atom stereocenters. The van der Waals surface area contributed by atoms with Gasteiger partial charge < -0.3 is 15.4 Å². The van der Waals surface area contributed by atoms with Gasteiger partial charge in [0.25, 0.3) is 0 Å². The fraction of sp³-hybridized carbons (Fsp3) is 0.909. The number of carbonyl (C=O) groups is 1. The minimum absolute atomic E-state index is 0.326. The van der Waals surface area contributed by atoms with E-state index >= 15 is 0 Å². The summed E-state index contributed by atoms with van der Waals surface area (Å²) in [5.74, 6) is 0.466. The molecule has 88 valence electrons. The van der Waals surface area contributed by atoms with E-state index in [1.807, 2.05) is 7.05 Å². The summed E-state index contributed by atoms with van der Waals surface area (Å²) in [6.07, 6.45) is 5.33. The average molecular weight is 214 g/mol. The first-order valence-electron chi connectivity index (χ1n) is 5.65. The number of ether oxygens (including phenoxy) is 1. The van der Waals surface area contributed by atoms with Crippen LogP contribution in [-0.2, 0) is 9.53 Å². The van der Waals surface area contributed by atoms with Gasteiger partial charge in [0, 0.05) is 13.1 Å². The van der Waals surface area contributed by atoms with Gasteiger partial charge in [0.05, 0.1) is 7.11 Å². The Morgan fingerprint density at radius 2 is 2.13 bits per heavy atom. The fourth-order valence-corrected chi connectivity index (χ4v) is 2.27. The summed E-state index contributed by atoms with van der Waals surface area (Å²) in [7, 11) is 3.39. The predicted molar refractivity (Wildman–Crippen MR) is 59.4 cm³/mol. The quantitative estimate of drug-likeness (QED) is 0.681. The normalized spacial score (nSPS) is 19.5. The van der Waals surface area contributed by atoms with Crippen molar-refractivity contribution in [3.05, 3.63) is 0 Å². The topological polar surface area (TPSA) is 55.6 Å². The number of hydrogen-bond donors (Lipinski definition) is 1. The van der Waals surface area contributed by atoms with Crippen LogP contribution < -0.4 is 5.73 Å². The summed E-state index contributed by atoms with van der Waals surface area (Å²) in [6.45, 7) is 1.63. The molecule has 1 atom stereocenters. The number of rotatable bonds is 5. The van der Waals surface area contributed by atoms with Gasteiger partial charge in [-0.3, -0.25) is 4.79 Å². The Bertz CT molecular complexity index is 203. The largest absolute Gasteiger partial charge is 0.468 e. The SMILES string of the molecule is COC(=O)C(N)CN(C)CC1CCCC1. The van der Waals surface area contributed by atoms with Crippen LogP contribution >= 0.6 is 0 Å². The fourth-order valence-electron chi connectivity index (χ4n) is 2.27. The van der Waals surface area contributed by atoms with Gasteiger partial charge in [0.15, 0.2) is 0 Å². The Morgan fingerprint density at radius 1 is 1.53 bits per heavy atom. The van der Waals surface area contributed by atoms with Crippen molar-refractivity contribution in [2.24, 2.45) is 11.7 Å². The highest BCUT2D eigenvalue weighted by Crippen LogP contribution is 2.25. The molecule has 0 amide bonds. The van der Waals surface area contributed by atoms with E-state index in [0.717, 1.165) is 12.5 Å². The summed E-state index contributed by atoms with van der Waals surface area (Å²) >= 11 is 0. The first kappa shape index (κ1) is 12.5. The summed E-state index contributed by atoms with van der Waals surface area (Å²) in [4.78, 5) is 13.2. The van der Waals surface area contributed by atoms with E-state index < -0.39 is 6.04 Å². The molecule has 1 rings (SSSR count). The number of methoxy groups -OCH3 is 1. The molecule has 4 nitrogen and oxygen atoms in total. The Hall–Kier alpha value is -0.610. The number of nitrogens with two attached hydrogens (primary N) is 1. The van der Waals surface area contributed by atoms with Gasteiger partial charge in [-0.05, 0) is 25.8 Å². The second-order valence-electron chi connectivity index (χ2n) is 4.50. The van der Waals surface area contributed by atoms with Gasteiger partial charge in [-0.2, -0.15) is 0 Å². The van der Waals surface area contributed by atoms with Crippen LogP contribution in [0.3, 0.4) is 0 Å². The van der Waals surface area contributed by atoms with Crippen molar-refractivity contribution in [2.75, 3.05) is 27.2 Å². The number of esters is 1. The number of likely N-dealkylation sites (N-methyl/N-ethyl adjacent to an activating group) is 1. The molecule has 1 saturated carbocycles. The molecule has 0 heterocycles. The van der Waals surface area contributed by atoms with Crippen molar-refractivity contribution < 1.29 is 9.53 Å². The number of carbonyl (C=O) groups excluding carboxylic acids is 1. The molecule has 0 aliphatic heterocycles. The van der Waals surface area contributed by atoms with E-state index in [-0.39, 0.29) is 5.97 Å². The molecule has 0 radical (unpaired) electrons. The first-order valence-corrected chi connectivity index (χ1v) is 5.65. The average Bonchev–Trinajstić information content (AvgIpc) is 2.68. The minimum atomic E-state index is -0.513. The van der Waals surface area contributed by atoms with Gasteiger partial charge in [-0.15, -0.1) is 0 Å². The maximum absolute atomic E-state index is 11.1. The maximum Gasteiger partial charge on any atom is 0.323 e. The van der Waals surface area contributed by atoms with Crippen molar-refractivity contribution in [1.82, 2.24) is 4.90 Å². The maximum atomic E-state index is 11.1. The zero-order valence-electron chi connectivity index (χ0n) is 9.74. The van der Waals surface area contributed by atoms with E-state index in [2.05, 4.69) is 9.64 Å². The van der Waals surface area contributed by atoms with Gasteiger partial charge in [0.1, 0.15) is 6.04 Å². The molecule has 4 heteroatoms. The summed E-state index contributed by atoms with van der Waals surface area (Å²) in [5, 5.41) is 0. The van der Waals surface area contributed by atoms with Crippen molar-refractivity contribution in [3.8, 4) is 0 Å². The second kappa shape index (κ2) is 6.08. The zero-order chi connectivity index (χ0) is 11.3. The molecular weight excluding hydrogens is 192 g/mol. The Labute approximate surface area is 91.8 Å². The van der Waals surface area contributed by atoms with Crippen LogP contribution in [0.4, 0.5) is 0 Å². The Kier molecular flexibility index (Phi) is 5.05. The molecule has 0 aromatic carbocycles. The van der Waals surface area contributed by atoms with Crippen molar-refractivity contribution in [2.45, 2.75) is 31.7 Å². The third-order valence-corrected chi connectivity index (χ3v) is 3.06. The predicted octanol–water partition coefficient (Wildman–Crippen LogP) is 0.609. The molecule has 2 N–H and O–H groups in total. The van der Waals surface area contributed by atoms with Crippen LogP contribution in [0.5, 0.6) is 0 Å². The second-order valence-corrected chi connectivity index (χ2v) is 4.50. The van der Waals surface area contributed by atoms with Gasteiger partial charge >= 0.3 is 5.97 Å². The molecule has 15 heavy (non-hydrogen) atoms. The van der Waals surface area contributed by atoms with E-state index in [9.17, 15) is 4.79 Å². The lowest BCUT2D eigenvalue weighted by atomic mass is 10.1. The van der Waals surface area contributed by atoms with Crippen LogP contribution in [-0.4, -0.2) is 44.2 Å². The Balaban J connectivity index is 2.22. The van der Waals surface area contributed by atoms with E-state index in [0.29, 0.717) is 6.54 Å². The van der Waals surface area contributed by atoms with Gasteiger partial charge in [0.2, 0.25) is 0 Å². The number of nitrogens with zero attached hydrogens (tertiary/aromatic N) is 1. The van der Waals surface area contributed by atoms with Crippen LogP contribution in [0.25, 0.3) is 0 Å². The van der Waals surface area contributed by atoms with Crippen LogP contribution in [0.2, 0.25) is 0 Å². The first-order chi connectivity index (χ1) is 7.13. The van der Waals surface area contributed by atoms with Gasteiger partial charge in [-0.25, -0.2) is 0 Å².